The normalized spacial score (nSPS) is 19.5. The SMILES string of the molecule is Cc1nc(N2N=C(c3cccc(OC(C)C)n3)CC2C2CCCC2)ccc1C#N. The molecule has 0 saturated heterocycles. The molecule has 0 radical (unpaired) electrons. The van der Waals surface area contributed by atoms with Crippen LogP contribution in [0.2, 0.25) is 0 Å². The van der Waals surface area contributed by atoms with Gasteiger partial charge in [-0.15, -0.1) is 0 Å². The molecule has 0 spiro atoms. The molecule has 2 aromatic rings. The van der Waals surface area contributed by atoms with Gasteiger partial charge in [0.2, 0.25) is 5.88 Å². The maximum absolute atomic E-state index is 9.23. The zero-order valence-electron chi connectivity index (χ0n) is 17.3. The Hall–Kier alpha value is -2.94. The third kappa shape index (κ3) is 4.09. The van der Waals surface area contributed by atoms with Crippen LogP contribution in [0, 0.1) is 24.2 Å². The van der Waals surface area contributed by atoms with Gasteiger partial charge in [-0.3, -0.25) is 0 Å². The van der Waals surface area contributed by atoms with Gasteiger partial charge in [-0.2, -0.15) is 10.4 Å². The Morgan fingerprint density at radius 3 is 2.62 bits per heavy atom. The van der Waals surface area contributed by atoms with E-state index in [-0.39, 0.29) is 12.1 Å². The summed E-state index contributed by atoms with van der Waals surface area (Å²) in [7, 11) is 0. The van der Waals surface area contributed by atoms with Gasteiger partial charge in [0.15, 0.2) is 0 Å². The second-order valence-corrected chi connectivity index (χ2v) is 8.15. The lowest BCUT2D eigenvalue weighted by Crippen LogP contribution is -2.33. The van der Waals surface area contributed by atoms with Crippen molar-refractivity contribution in [1.29, 1.82) is 5.26 Å². The van der Waals surface area contributed by atoms with Gasteiger partial charge in [0.05, 0.1) is 34.8 Å². The largest absolute Gasteiger partial charge is 0.475 e. The molecule has 1 aliphatic carbocycles. The summed E-state index contributed by atoms with van der Waals surface area (Å²) in [5, 5.41) is 16.3. The van der Waals surface area contributed by atoms with Crippen LogP contribution in [-0.2, 0) is 0 Å². The maximum atomic E-state index is 9.23. The van der Waals surface area contributed by atoms with Crippen LogP contribution < -0.4 is 9.75 Å². The van der Waals surface area contributed by atoms with Gasteiger partial charge in [-0.05, 0) is 57.7 Å². The average Bonchev–Trinajstić information content (AvgIpc) is 3.37. The second kappa shape index (κ2) is 8.20. The van der Waals surface area contributed by atoms with Gasteiger partial charge in [-0.25, -0.2) is 15.0 Å². The van der Waals surface area contributed by atoms with E-state index >= 15 is 0 Å². The predicted octanol–water partition coefficient (Wildman–Crippen LogP) is 4.62. The zero-order valence-corrected chi connectivity index (χ0v) is 17.3. The minimum Gasteiger partial charge on any atom is -0.475 e. The van der Waals surface area contributed by atoms with Crippen LogP contribution in [0.4, 0.5) is 5.82 Å². The third-order valence-corrected chi connectivity index (χ3v) is 5.69. The van der Waals surface area contributed by atoms with Gasteiger partial charge >= 0.3 is 0 Å². The van der Waals surface area contributed by atoms with Gasteiger partial charge in [0.1, 0.15) is 11.9 Å². The Kier molecular flexibility index (Phi) is 5.48. The average molecular weight is 390 g/mol. The summed E-state index contributed by atoms with van der Waals surface area (Å²) in [6.45, 7) is 5.87. The van der Waals surface area contributed by atoms with Crippen molar-refractivity contribution in [2.45, 2.75) is 65.0 Å². The van der Waals surface area contributed by atoms with E-state index in [9.17, 15) is 5.26 Å². The van der Waals surface area contributed by atoms with E-state index in [2.05, 4.69) is 21.0 Å². The topological polar surface area (TPSA) is 74.4 Å². The van der Waals surface area contributed by atoms with E-state index in [0.717, 1.165) is 29.3 Å². The summed E-state index contributed by atoms with van der Waals surface area (Å²) in [6, 6.07) is 12.1. The molecule has 150 valence electrons. The number of rotatable bonds is 5. The number of aromatic nitrogens is 2. The molecule has 1 saturated carbocycles. The van der Waals surface area contributed by atoms with Crippen molar-refractivity contribution in [3.8, 4) is 11.9 Å². The molecule has 0 bridgehead atoms. The number of hydrazone groups is 1. The number of anilines is 1. The summed E-state index contributed by atoms with van der Waals surface area (Å²) in [4.78, 5) is 9.37. The van der Waals surface area contributed by atoms with Gasteiger partial charge < -0.3 is 4.74 Å². The fourth-order valence-electron chi connectivity index (χ4n) is 4.29. The van der Waals surface area contributed by atoms with Crippen LogP contribution in [0.15, 0.2) is 35.4 Å². The van der Waals surface area contributed by atoms with E-state index in [1.807, 2.05) is 51.1 Å². The summed E-state index contributed by atoms with van der Waals surface area (Å²) in [5.74, 6) is 2.04. The molecule has 2 aliphatic rings. The van der Waals surface area contributed by atoms with Crippen LogP contribution in [0.1, 0.15) is 62.9 Å². The number of pyridine rings is 2. The third-order valence-electron chi connectivity index (χ3n) is 5.69. The fourth-order valence-corrected chi connectivity index (χ4v) is 4.29. The second-order valence-electron chi connectivity index (χ2n) is 8.15. The lowest BCUT2D eigenvalue weighted by atomic mass is 9.93. The molecular formula is C23H27N5O. The first-order chi connectivity index (χ1) is 14.0. The van der Waals surface area contributed by atoms with Crippen molar-refractivity contribution in [1.82, 2.24) is 9.97 Å². The summed E-state index contributed by atoms with van der Waals surface area (Å²) in [6.07, 6.45) is 5.94. The highest BCUT2D eigenvalue weighted by atomic mass is 16.5. The van der Waals surface area contributed by atoms with Crippen molar-refractivity contribution in [3.63, 3.8) is 0 Å². The Bertz CT molecular complexity index is 956. The van der Waals surface area contributed by atoms with E-state index < -0.39 is 0 Å². The molecule has 1 atom stereocenters. The summed E-state index contributed by atoms with van der Waals surface area (Å²) >= 11 is 0. The summed E-state index contributed by atoms with van der Waals surface area (Å²) in [5.41, 5.74) is 3.18. The standard InChI is InChI=1S/C23H27N5O/c1-15(2)29-23-10-6-9-19(26-23)20-13-21(17-7-4-5-8-17)28(27-20)22-12-11-18(14-24)16(3)25-22/h6,9-12,15,17,21H,4-5,7-8,13H2,1-3H3. The molecule has 1 unspecified atom stereocenters. The lowest BCUT2D eigenvalue weighted by molar-refractivity contribution is 0.232. The number of ether oxygens (including phenoxy) is 1. The molecule has 6 nitrogen and oxygen atoms in total. The molecule has 3 heterocycles. The molecule has 4 rings (SSSR count). The van der Waals surface area contributed by atoms with Crippen LogP contribution in [0.25, 0.3) is 0 Å². The highest BCUT2D eigenvalue weighted by Gasteiger charge is 2.37. The van der Waals surface area contributed by atoms with Gasteiger partial charge in [0.25, 0.3) is 0 Å². The van der Waals surface area contributed by atoms with Crippen LogP contribution >= 0.6 is 0 Å². The highest BCUT2D eigenvalue weighted by molar-refractivity contribution is 6.01. The predicted molar refractivity (Wildman–Crippen MR) is 113 cm³/mol. The van der Waals surface area contributed by atoms with Crippen LogP contribution in [0.3, 0.4) is 0 Å². The number of hydrogen-bond donors (Lipinski definition) is 0. The smallest absolute Gasteiger partial charge is 0.214 e. The van der Waals surface area contributed by atoms with Gasteiger partial charge in [-0.1, -0.05) is 18.9 Å². The molecule has 1 aliphatic heterocycles. The molecule has 0 amide bonds. The highest BCUT2D eigenvalue weighted by Crippen LogP contribution is 2.37. The Balaban J connectivity index is 1.68. The molecular weight excluding hydrogens is 362 g/mol. The van der Waals surface area contributed by atoms with E-state index in [1.165, 1.54) is 25.7 Å². The number of nitrogens with zero attached hydrogens (tertiary/aromatic N) is 5. The molecule has 0 aromatic carbocycles. The molecule has 29 heavy (non-hydrogen) atoms. The van der Waals surface area contributed by atoms with Crippen molar-refractivity contribution in [3.05, 3.63) is 47.3 Å². The molecule has 6 heteroatoms. The molecule has 1 fully saturated rings. The molecule has 0 N–H and O–H groups in total. The van der Waals surface area contributed by atoms with E-state index in [4.69, 9.17) is 9.84 Å². The van der Waals surface area contributed by atoms with Crippen LogP contribution in [0.5, 0.6) is 5.88 Å². The lowest BCUT2D eigenvalue weighted by Gasteiger charge is -2.27. The van der Waals surface area contributed by atoms with Crippen molar-refractivity contribution in [2.24, 2.45) is 11.0 Å². The van der Waals surface area contributed by atoms with Crippen molar-refractivity contribution < 1.29 is 4.74 Å². The van der Waals surface area contributed by atoms with Crippen molar-refractivity contribution in [2.75, 3.05) is 5.01 Å². The van der Waals surface area contributed by atoms with Gasteiger partial charge in [0, 0.05) is 12.5 Å². The first-order valence-electron chi connectivity index (χ1n) is 10.4. The molecule has 2 aromatic heterocycles. The van der Waals surface area contributed by atoms with Crippen molar-refractivity contribution >= 4 is 11.5 Å². The van der Waals surface area contributed by atoms with E-state index in [0.29, 0.717) is 17.4 Å². The number of nitriles is 1. The minimum atomic E-state index is 0.0804. The van der Waals surface area contributed by atoms with E-state index in [1.54, 1.807) is 0 Å². The fraction of sp³-hybridized carbons (Fsp3) is 0.478. The maximum Gasteiger partial charge on any atom is 0.214 e. The first-order valence-corrected chi connectivity index (χ1v) is 10.4. The van der Waals surface area contributed by atoms with Crippen LogP contribution in [-0.4, -0.2) is 27.8 Å². The number of aryl methyl sites for hydroxylation is 1. The Labute approximate surface area is 172 Å². The Morgan fingerprint density at radius 1 is 1.14 bits per heavy atom. The summed E-state index contributed by atoms with van der Waals surface area (Å²) < 4.78 is 5.77. The zero-order chi connectivity index (χ0) is 20.4. The first kappa shape index (κ1) is 19.4. The number of hydrogen-bond acceptors (Lipinski definition) is 6. The monoisotopic (exact) mass is 389 g/mol. The Morgan fingerprint density at radius 2 is 1.93 bits per heavy atom. The quantitative estimate of drug-likeness (QED) is 0.746. The minimum absolute atomic E-state index is 0.0804.